The molecule has 7 nitrogen and oxygen atoms in total. The summed E-state index contributed by atoms with van der Waals surface area (Å²) in [6.07, 6.45) is 12.2. The van der Waals surface area contributed by atoms with Crippen LogP contribution in [0.4, 0.5) is 21.9 Å². The van der Waals surface area contributed by atoms with Crippen molar-refractivity contribution in [3.8, 4) is 0 Å². The summed E-state index contributed by atoms with van der Waals surface area (Å²) in [7, 11) is 0. The number of benzene rings is 2. The van der Waals surface area contributed by atoms with Gasteiger partial charge in [0.2, 0.25) is 0 Å². The van der Waals surface area contributed by atoms with Crippen LogP contribution < -0.4 is 16.0 Å². The fourth-order valence-corrected chi connectivity index (χ4v) is 6.92. The summed E-state index contributed by atoms with van der Waals surface area (Å²) in [6.45, 7) is 1.28. The molecule has 1 unspecified atom stereocenters. The number of rotatable bonds is 6. The summed E-state index contributed by atoms with van der Waals surface area (Å²) in [5.41, 5.74) is 11.1. The molecule has 0 radical (unpaired) electrons. The number of hydrogen-bond donors (Lipinski definition) is 2. The summed E-state index contributed by atoms with van der Waals surface area (Å²) < 4.78 is 5.64. The van der Waals surface area contributed by atoms with Crippen molar-refractivity contribution >= 4 is 40.4 Å². The molecule has 2 aromatic rings. The van der Waals surface area contributed by atoms with Crippen molar-refractivity contribution in [2.45, 2.75) is 82.8 Å². The van der Waals surface area contributed by atoms with E-state index >= 15 is 0 Å². The van der Waals surface area contributed by atoms with Crippen molar-refractivity contribution in [2.75, 3.05) is 23.4 Å². The highest BCUT2D eigenvalue weighted by Gasteiger charge is 2.37. The second-order valence-electron chi connectivity index (χ2n) is 11.5. The van der Waals surface area contributed by atoms with Gasteiger partial charge in [-0.05, 0) is 86.9 Å². The smallest absolute Gasteiger partial charge is 0.349 e. The van der Waals surface area contributed by atoms with Crippen LogP contribution in [0, 0.1) is 11.8 Å². The van der Waals surface area contributed by atoms with Crippen molar-refractivity contribution in [3.05, 3.63) is 53.1 Å². The molecule has 1 atom stereocenters. The summed E-state index contributed by atoms with van der Waals surface area (Å²) in [5.74, 6) is 0.840. The van der Waals surface area contributed by atoms with Crippen molar-refractivity contribution in [2.24, 2.45) is 22.7 Å². The lowest BCUT2D eigenvalue weighted by molar-refractivity contribution is 0.0480. The van der Waals surface area contributed by atoms with Crippen molar-refractivity contribution in [1.82, 2.24) is 5.01 Å². The second-order valence-corrected chi connectivity index (χ2v) is 12.0. The Labute approximate surface area is 236 Å². The van der Waals surface area contributed by atoms with Gasteiger partial charge in [-0.2, -0.15) is 5.10 Å². The molecule has 8 heteroatoms. The zero-order valence-corrected chi connectivity index (χ0v) is 23.4. The Bertz CT molecular complexity index is 1180. The number of urea groups is 1. The van der Waals surface area contributed by atoms with Gasteiger partial charge in [-0.15, -0.1) is 0 Å². The predicted molar refractivity (Wildman–Crippen MR) is 158 cm³/mol. The zero-order chi connectivity index (χ0) is 26.8. The number of halogens is 1. The van der Waals surface area contributed by atoms with E-state index in [0.29, 0.717) is 30.1 Å². The van der Waals surface area contributed by atoms with Crippen LogP contribution >= 0.6 is 11.6 Å². The highest BCUT2D eigenvalue weighted by Crippen LogP contribution is 2.40. The SMILES string of the molecule is NC(Nc1ccc(N2C(=O)N(C3CCOCC3)N=C(C3CCCCC3)c3ccc(Cl)cc32)cc1)C1CCCC1. The van der Waals surface area contributed by atoms with Gasteiger partial charge in [-0.25, -0.2) is 9.80 Å². The Morgan fingerprint density at radius 1 is 0.923 bits per heavy atom. The van der Waals surface area contributed by atoms with E-state index in [-0.39, 0.29) is 18.2 Å². The van der Waals surface area contributed by atoms with E-state index in [2.05, 4.69) is 11.4 Å². The maximum Gasteiger partial charge on any atom is 0.349 e. The number of anilines is 3. The number of hydrazone groups is 1. The highest BCUT2D eigenvalue weighted by atomic mass is 35.5. The summed E-state index contributed by atoms with van der Waals surface area (Å²) >= 11 is 6.56. The maximum absolute atomic E-state index is 14.4. The minimum atomic E-state index is -0.139. The number of carbonyl (C=O) groups excluding carboxylic acids is 1. The molecule has 208 valence electrons. The number of nitrogens with zero attached hydrogens (tertiary/aromatic N) is 3. The van der Waals surface area contributed by atoms with Gasteiger partial charge < -0.3 is 15.8 Å². The lowest BCUT2D eigenvalue weighted by Crippen LogP contribution is -2.45. The molecule has 0 aromatic heterocycles. The molecule has 3 N–H and O–H groups in total. The van der Waals surface area contributed by atoms with Crippen LogP contribution in [-0.4, -0.2) is 42.2 Å². The number of nitrogens with one attached hydrogen (secondary N) is 1. The van der Waals surface area contributed by atoms with E-state index < -0.39 is 0 Å². The van der Waals surface area contributed by atoms with Crippen LogP contribution in [0.1, 0.15) is 76.2 Å². The molecule has 4 aliphatic rings. The van der Waals surface area contributed by atoms with E-state index in [1.54, 1.807) is 9.91 Å². The van der Waals surface area contributed by atoms with Crippen LogP contribution in [0.25, 0.3) is 0 Å². The van der Waals surface area contributed by atoms with E-state index in [1.165, 1.54) is 44.9 Å². The number of carbonyl (C=O) groups is 1. The van der Waals surface area contributed by atoms with E-state index in [4.69, 9.17) is 27.2 Å². The standard InChI is InChI=1S/C31H40ClN5O2/c32-23-10-15-27-28(20-23)36(25-13-11-24(12-14-25)34-30(33)22-8-4-5-9-22)31(38)37(26-16-18-39-19-17-26)35-29(27)21-6-2-1-3-7-21/h10-15,20-22,26,30,34H,1-9,16-19,33H2. The molecular formula is C31H40ClN5O2. The Morgan fingerprint density at radius 2 is 1.62 bits per heavy atom. The summed E-state index contributed by atoms with van der Waals surface area (Å²) in [6, 6.07) is 13.8. The van der Waals surface area contributed by atoms with Crippen molar-refractivity contribution < 1.29 is 9.53 Å². The van der Waals surface area contributed by atoms with Gasteiger partial charge in [0.15, 0.2) is 0 Å². The number of fused-ring (bicyclic) bond motifs is 1. The first kappa shape index (κ1) is 26.6. The quantitative estimate of drug-likeness (QED) is 0.371. The topological polar surface area (TPSA) is 83.2 Å². The molecular weight excluding hydrogens is 510 g/mol. The van der Waals surface area contributed by atoms with Gasteiger partial charge in [-0.3, -0.25) is 4.90 Å². The fraction of sp³-hybridized carbons (Fsp3) is 0.548. The van der Waals surface area contributed by atoms with E-state index in [9.17, 15) is 4.79 Å². The normalized spacial score (nSPS) is 22.4. The third-order valence-corrected chi connectivity index (χ3v) is 9.21. The highest BCUT2D eigenvalue weighted by molar-refractivity contribution is 6.31. The van der Waals surface area contributed by atoms with Gasteiger partial charge in [0.05, 0.1) is 29.3 Å². The Morgan fingerprint density at radius 3 is 2.33 bits per heavy atom. The number of ether oxygens (including phenoxy) is 1. The first-order chi connectivity index (χ1) is 19.1. The van der Waals surface area contributed by atoms with Gasteiger partial charge in [0.1, 0.15) is 0 Å². The summed E-state index contributed by atoms with van der Waals surface area (Å²) in [5, 5.41) is 11.0. The Balaban J connectivity index is 1.37. The Kier molecular flexibility index (Phi) is 8.09. The molecule has 0 bridgehead atoms. The third-order valence-electron chi connectivity index (χ3n) is 8.97. The minimum Gasteiger partial charge on any atom is -0.381 e. The molecule has 2 aliphatic heterocycles. The molecule has 39 heavy (non-hydrogen) atoms. The average Bonchev–Trinajstić information content (AvgIpc) is 3.48. The molecule has 2 saturated carbocycles. The van der Waals surface area contributed by atoms with E-state index in [0.717, 1.165) is 54.0 Å². The Hall–Kier alpha value is -2.61. The molecule has 3 fully saturated rings. The van der Waals surface area contributed by atoms with Gasteiger partial charge in [-0.1, -0.05) is 43.7 Å². The van der Waals surface area contributed by atoms with Crippen LogP contribution in [-0.2, 0) is 4.74 Å². The van der Waals surface area contributed by atoms with Crippen LogP contribution in [0.2, 0.25) is 5.02 Å². The first-order valence-electron chi connectivity index (χ1n) is 14.8. The molecule has 0 spiro atoms. The monoisotopic (exact) mass is 549 g/mol. The van der Waals surface area contributed by atoms with Crippen molar-refractivity contribution in [1.29, 1.82) is 0 Å². The first-order valence-corrected chi connectivity index (χ1v) is 15.2. The number of nitrogens with two attached hydrogens (primary N) is 1. The van der Waals surface area contributed by atoms with Crippen LogP contribution in [0.15, 0.2) is 47.6 Å². The van der Waals surface area contributed by atoms with Crippen LogP contribution in [0.5, 0.6) is 0 Å². The van der Waals surface area contributed by atoms with Crippen LogP contribution in [0.3, 0.4) is 0 Å². The molecule has 2 amide bonds. The lowest BCUT2D eigenvalue weighted by atomic mass is 9.83. The number of hydrogen-bond acceptors (Lipinski definition) is 5. The second kappa shape index (κ2) is 11.9. The fourth-order valence-electron chi connectivity index (χ4n) is 6.75. The van der Waals surface area contributed by atoms with Gasteiger partial charge in [0, 0.05) is 35.4 Å². The molecule has 2 aliphatic carbocycles. The predicted octanol–water partition coefficient (Wildman–Crippen LogP) is 7.26. The summed E-state index contributed by atoms with van der Waals surface area (Å²) in [4.78, 5) is 16.2. The largest absolute Gasteiger partial charge is 0.381 e. The maximum atomic E-state index is 14.4. The third kappa shape index (κ3) is 5.67. The minimum absolute atomic E-state index is 0.00229. The molecule has 2 aromatic carbocycles. The molecule has 6 rings (SSSR count). The lowest BCUT2D eigenvalue weighted by Gasteiger charge is -2.33. The molecule has 2 heterocycles. The van der Waals surface area contributed by atoms with E-state index in [1.807, 2.05) is 36.4 Å². The average molecular weight is 550 g/mol. The molecule has 1 saturated heterocycles. The number of amides is 2. The zero-order valence-electron chi connectivity index (χ0n) is 22.7. The van der Waals surface area contributed by atoms with Crippen molar-refractivity contribution in [3.63, 3.8) is 0 Å². The van der Waals surface area contributed by atoms with Gasteiger partial charge in [0.25, 0.3) is 0 Å². The van der Waals surface area contributed by atoms with Gasteiger partial charge >= 0.3 is 6.03 Å².